The van der Waals surface area contributed by atoms with Crippen molar-refractivity contribution in [2.75, 3.05) is 12.0 Å². The third-order valence-electron chi connectivity index (χ3n) is 2.26. The van der Waals surface area contributed by atoms with E-state index in [1.165, 1.54) is 0 Å². The maximum atomic E-state index is 12.5. The Morgan fingerprint density at radius 1 is 1.33 bits per heavy atom. The largest absolute Gasteiger partial charge is 0.326 e. The average molecular weight is 209 g/mol. The van der Waals surface area contributed by atoms with Crippen LogP contribution < -0.4 is 5.32 Å². The molecule has 0 spiro atoms. The van der Waals surface area contributed by atoms with E-state index >= 15 is 0 Å². The molecule has 0 radical (unpaired) electrons. The molecule has 1 aromatic carbocycles. The maximum Gasteiger partial charge on any atom is 0.232 e. The van der Waals surface area contributed by atoms with Crippen molar-refractivity contribution in [3.05, 3.63) is 29.8 Å². The van der Waals surface area contributed by atoms with E-state index in [0.29, 0.717) is 5.69 Å². The highest BCUT2D eigenvalue weighted by atomic mass is 19.1. The Morgan fingerprint density at radius 2 is 1.87 bits per heavy atom. The third-order valence-corrected chi connectivity index (χ3v) is 2.26. The highest BCUT2D eigenvalue weighted by Crippen LogP contribution is 2.19. The molecule has 0 aromatic heterocycles. The van der Waals surface area contributed by atoms with Gasteiger partial charge in [-0.2, -0.15) is 0 Å². The number of aryl methyl sites for hydroxylation is 1. The minimum absolute atomic E-state index is 0.297. The molecule has 1 amide bonds. The number of carbonyl (C=O) groups excluding carboxylic acids is 1. The summed E-state index contributed by atoms with van der Waals surface area (Å²) in [4.78, 5) is 11.6. The van der Waals surface area contributed by atoms with Crippen LogP contribution in [0, 0.1) is 12.3 Å². The number of nitrogens with one attached hydrogen (secondary N) is 1. The van der Waals surface area contributed by atoms with Crippen LogP contribution in [-0.2, 0) is 4.79 Å². The molecule has 0 saturated heterocycles. The molecule has 82 valence electrons. The highest BCUT2D eigenvalue weighted by molar-refractivity contribution is 5.94. The number of alkyl halides is 1. The van der Waals surface area contributed by atoms with E-state index in [4.69, 9.17) is 0 Å². The summed E-state index contributed by atoms with van der Waals surface area (Å²) < 4.78 is 12.5. The minimum atomic E-state index is -0.967. The number of carbonyl (C=O) groups is 1. The van der Waals surface area contributed by atoms with Crippen molar-refractivity contribution in [1.82, 2.24) is 0 Å². The zero-order chi connectivity index (χ0) is 11.5. The van der Waals surface area contributed by atoms with Gasteiger partial charge in [0.2, 0.25) is 5.91 Å². The van der Waals surface area contributed by atoms with Crippen LogP contribution in [0.1, 0.15) is 19.4 Å². The molecule has 1 rings (SSSR count). The average Bonchev–Trinajstić information content (AvgIpc) is 2.21. The topological polar surface area (TPSA) is 29.1 Å². The molecule has 0 saturated carbocycles. The Hall–Kier alpha value is -1.38. The van der Waals surface area contributed by atoms with Gasteiger partial charge < -0.3 is 5.32 Å². The number of benzene rings is 1. The predicted molar refractivity (Wildman–Crippen MR) is 59.6 cm³/mol. The number of amides is 1. The van der Waals surface area contributed by atoms with Crippen LogP contribution in [-0.4, -0.2) is 12.6 Å². The van der Waals surface area contributed by atoms with Crippen molar-refractivity contribution in [3.63, 3.8) is 0 Å². The molecule has 3 heteroatoms. The van der Waals surface area contributed by atoms with E-state index in [1.54, 1.807) is 13.8 Å². The van der Waals surface area contributed by atoms with Crippen LogP contribution in [0.3, 0.4) is 0 Å². The summed E-state index contributed by atoms with van der Waals surface area (Å²) in [5.41, 5.74) is 0.857. The lowest BCUT2D eigenvalue weighted by Gasteiger charge is -2.19. The fourth-order valence-corrected chi connectivity index (χ4v) is 0.998. The summed E-state index contributed by atoms with van der Waals surface area (Å²) in [6.07, 6.45) is 0. The molecule has 0 unspecified atom stereocenters. The van der Waals surface area contributed by atoms with Gasteiger partial charge in [0, 0.05) is 5.69 Å². The first-order valence-electron chi connectivity index (χ1n) is 4.90. The summed E-state index contributed by atoms with van der Waals surface area (Å²) in [7, 11) is 0. The molecule has 0 aliphatic carbocycles. The molecule has 0 atom stereocenters. The number of halogens is 1. The fourth-order valence-electron chi connectivity index (χ4n) is 0.998. The fraction of sp³-hybridized carbons (Fsp3) is 0.417. The Morgan fingerprint density at radius 3 is 2.33 bits per heavy atom. The van der Waals surface area contributed by atoms with Gasteiger partial charge in [-0.25, -0.2) is 4.39 Å². The second-order valence-corrected chi connectivity index (χ2v) is 4.34. The van der Waals surface area contributed by atoms with Crippen LogP contribution in [0.15, 0.2) is 24.3 Å². The number of rotatable bonds is 3. The molecule has 1 N–H and O–H groups in total. The third kappa shape index (κ3) is 3.05. The first-order chi connectivity index (χ1) is 6.95. The molecule has 1 aromatic rings. The van der Waals surface area contributed by atoms with Crippen LogP contribution in [0.5, 0.6) is 0 Å². The Labute approximate surface area is 89.5 Å². The van der Waals surface area contributed by atoms with Crippen LogP contribution in [0.4, 0.5) is 10.1 Å². The van der Waals surface area contributed by atoms with Gasteiger partial charge >= 0.3 is 0 Å². The lowest BCUT2D eigenvalue weighted by molar-refractivity contribution is -0.124. The summed E-state index contributed by atoms with van der Waals surface area (Å²) in [5, 5.41) is 2.68. The Kier molecular flexibility index (Phi) is 3.45. The van der Waals surface area contributed by atoms with E-state index in [9.17, 15) is 9.18 Å². The molecule has 2 nitrogen and oxygen atoms in total. The Balaban J connectivity index is 2.71. The van der Waals surface area contributed by atoms with E-state index in [2.05, 4.69) is 5.32 Å². The standard InChI is InChI=1S/C12H16FNO/c1-9-4-6-10(7-5-9)14-11(15)12(2,3)8-13/h4-7H,8H2,1-3H3,(H,14,15). The second kappa shape index (κ2) is 4.43. The van der Waals surface area contributed by atoms with Gasteiger partial charge in [-0.05, 0) is 32.9 Å². The van der Waals surface area contributed by atoms with Crippen molar-refractivity contribution in [3.8, 4) is 0 Å². The van der Waals surface area contributed by atoms with Crippen molar-refractivity contribution in [1.29, 1.82) is 0 Å². The molecular formula is C12H16FNO. The van der Waals surface area contributed by atoms with E-state index in [1.807, 2.05) is 31.2 Å². The predicted octanol–water partition coefficient (Wildman–Crippen LogP) is 2.93. The van der Waals surface area contributed by atoms with Crippen LogP contribution in [0.25, 0.3) is 0 Å². The Bertz CT molecular complexity index is 343. The summed E-state index contributed by atoms with van der Waals surface area (Å²) in [6, 6.07) is 7.42. The van der Waals surface area contributed by atoms with E-state index < -0.39 is 12.1 Å². The molecule has 0 aliphatic heterocycles. The molecule has 0 fully saturated rings. The molecule has 0 aliphatic rings. The first-order valence-corrected chi connectivity index (χ1v) is 4.90. The van der Waals surface area contributed by atoms with Crippen molar-refractivity contribution in [2.45, 2.75) is 20.8 Å². The molecule has 0 heterocycles. The monoisotopic (exact) mass is 209 g/mol. The van der Waals surface area contributed by atoms with Crippen molar-refractivity contribution < 1.29 is 9.18 Å². The minimum Gasteiger partial charge on any atom is -0.326 e. The lowest BCUT2D eigenvalue weighted by atomic mass is 9.94. The van der Waals surface area contributed by atoms with Crippen LogP contribution in [0.2, 0.25) is 0 Å². The lowest BCUT2D eigenvalue weighted by Crippen LogP contribution is -2.32. The first kappa shape index (κ1) is 11.7. The zero-order valence-electron chi connectivity index (χ0n) is 9.30. The van der Waals surface area contributed by atoms with E-state index in [0.717, 1.165) is 5.56 Å². The van der Waals surface area contributed by atoms with Gasteiger partial charge in [0.15, 0.2) is 0 Å². The van der Waals surface area contributed by atoms with Gasteiger partial charge in [0.1, 0.15) is 6.67 Å². The quantitative estimate of drug-likeness (QED) is 0.814. The summed E-state index contributed by atoms with van der Waals surface area (Å²) in [5.74, 6) is -0.297. The number of anilines is 1. The smallest absolute Gasteiger partial charge is 0.232 e. The second-order valence-electron chi connectivity index (χ2n) is 4.34. The SMILES string of the molecule is Cc1ccc(NC(=O)C(C)(C)CF)cc1. The van der Waals surface area contributed by atoms with E-state index in [-0.39, 0.29) is 5.91 Å². The number of hydrogen-bond donors (Lipinski definition) is 1. The number of hydrogen-bond acceptors (Lipinski definition) is 1. The van der Waals surface area contributed by atoms with Gasteiger partial charge in [-0.3, -0.25) is 4.79 Å². The normalized spacial score (nSPS) is 11.2. The van der Waals surface area contributed by atoms with Gasteiger partial charge in [-0.1, -0.05) is 17.7 Å². The molecule has 0 bridgehead atoms. The van der Waals surface area contributed by atoms with Crippen molar-refractivity contribution >= 4 is 11.6 Å². The maximum absolute atomic E-state index is 12.5. The van der Waals surface area contributed by atoms with Crippen LogP contribution >= 0.6 is 0 Å². The van der Waals surface area contributed by atoms with Crippen molar-refractivity contribution in [2.24, 2.45) is 5.41 Å². The van der Waals surface area contributed by atoms with Gasteiger partial charge in [0.05, 0.1) is 5.41 Å². The zero-order valence-corrected chi connectivity index (χ0v) is 9.30. The molecule has 15 heavy (non-hydrogen) atoms. The highest BCUT2D eigenvalue weighted by Gasteiger charge is 2.27. The van der Waals surface area contributed by atoms with Gasteiger partial charge in [0.25, 0.3) is 0 Å². The summed E-state index contributed by atoms with van der Waals surface area (Å²) in [6.45, 7) is 4.47. The molecular weight excluding hydrogens is 193 g/mol. The summed E-state index contributed by atoms with van der Waals surface area (Å²) >= 11 is 0. The van der Waals surface area contributed by atoms with Gasteiger partial charge in [-0.15, -0.1) is 0 Å².